The Morgan fingerprint density at radius 1 is 1.13 bits per heavy atom. The standard InChI is InChI=1S/C29H38ClN7O2/c1-21-7-6-8-22(30)28(21)34-29-26-19-31-20-37(26)25-17-24(32-9-4-5-10-35(2)3)27(18-23(25)33-29)39-16-13-36-11-14-38-15-12-36/h6-8,17-20,32H,4-5,9-16H2,1-3H3,(H,33,34). The Balaban J connectivity index is 1.45. The van der Waals surface area contributed by atoms with E-state index in [0.717, 1.165) is 98.0 Å². The number of benzene rings is 2. The van der Waals surface area contributed by atoms with Crippen molar-refractivity contribution in [1.29, 1.82) is 0 Å². The van der Waals surface area contributed by atoms with E-state index in [0.29, 0.717) is 17.4 Å². The Morgan fingerprint density at radius 3 is 2.77 bits per heavy atom. The summed E-state index contributed by atoms with van der Waals surface area (Å²) in [6, 6.07) is 10.0. The topological polar surface area (TPSA) is 79.2 Å². The van der Waals surface area contributed by atoms with Crippen molar-refractivity contribution in [2.45, 2.75) is 19.8 Å². The van der Waals surface area contributed by atoms with Gasteiger partial charge in [0.05, 0.1) is 53.2 Å². The molecule has 0 amide bonds. The number of aromatic nitrogens is 3. The number of imidazole rings is 1. The average Bonchev–Trinajstić information content (AvgIpc) is 3.42. The first-order valence-electron chi connectivity index (χ1n) is 13.6. The zero-order valence-corrected chi connectivity index (χ0v) is 23.8. The second kappa shape index (κ2) is 12.8. The van der Waals surface area contributed by atoms with Crippen LogP contribution in [0, 0.1) is 6.92 Å². The van der Waals surface area contributed by atoms with Crippen LogP contribution in [0.3, 0.4) is 0 Å². The van der Waals surface area contributed by atoms with E-state index in [-0.39, 0.29) is 0 Å². The summed E-state index contributed by atoms with van der Waals surface area (Å²) in [5, 5.41) is 7.73. The van der Waals surface area contributed by atoms with Gasteiger partial charge in [-0.1, -0.05) is 23.7 Å². The number of hydrogen-bond donors (Lipinski definition) is 2. The van der Waals surface area contributed by atoms with E-state index < -0.39 is 0 Å². The Hall–Kier alpha value is -3.11. The minimum absolute atomic E-state index is 0.595. The van der Waals surface area contributed by atoms with Crippen LogP contribution in [0.4, 0.5) is 17.2 Å². The fraction of sp³-hybridized carbons (Fsp3) is 0.448. The molecule has 0 spiro atoms. The van der Waals surface area contributed by atoms with E-state index in [2.05, 4.69) is 50.0 Å². The molecule has 10 heteroatoms. The monoisotopic (exact) mass is 551 g/mol. The molecule has 4 aromatic rings. The molecular weight excluding hydrogens is 514 g/mol. The summed E-state index contributed by atoms with van der Waals surface area (Å²) < 4.78 is 13.9. The summed E-state index contributed by atoms with van der Waals surface area (Å²) in [6.45, 7) is 8.85. The highest BCUT2D eigenvalue weighted by atomic mass is 35.5. The number of halogens is 1. The molecule has 39 heavy (non-hydrogen) atoms. The molecule has 1 aliphatic rings. The van der Waals surface area contributed by atoms with Crippen molar-refractivity contribution < 1.29 is 9.47 Å². The van der Waals surface area contributed by atoms with Crippen molar-refractivity contribution in [3.63, 3.8) is 0 Å². The Kier molecular flexibility index (Phi) is 9.03. The van der Waals surface area contributed by atoms with E-state index >= 15 is 0 Å². The third kappa shape index (κ3) is 6.73. The van der Waals surface area contributed by atoms with Gasteiger partial charge in [-0.2, -0.15) is 0 Å². The first-order valence-corrected chi connectivity index (χ1v) is 14.0. The molecule has 2 aromatic heterocycles. The molecule has 0 atom stereocenters. The maximum Gasteiger partial charge on any atom is 0.157 e. The number of aryl methyl sites for hydroxylation is 1. The SMILES string of the molecule is Cc1cccc(Cl)c1Nc1nc2cc(OCCN3CCOCC3)c(NCCCCN(C)C)cc2n2cncc12. The number of unbranched alkanes of at least 4 members (excludes halogenated alkanes) is 1. The molecule has 5 rings (SSSR count). The maximum atomic E-state index is 6.52. The maximum absolute atomic E-state index is 6.52. The smallest absolute Gasteiger partial charge is 0.157 e. The highest BCUT2D eigenvalue weighted by molar-refractivity contribution is 6.33. The van der Waals surface area contributed by atoms with Crippen molar-refractivity contribution in [2.24, 2.45) is 0 Å². The number of anilines is 3. The first-order chi connectivity index (χ1) is 19.0. The highest BCUT2D eigenvalue weighted by Crippen LogP contribution is 2.34. The third-order valence-electron chi connectivity index (χ3n) is 7.03. The Labute approximate surface area is 235 Å². The molecule has 1 saturated heterocycles. The molecule has 3 heterocycles. The van der Waals surface area contributed by atoms with Crippen molar-refractivity contribution >= 4 is 45.3 Å². The van der Waals surface area contributed by atoms with Crippen molar-refractivity contribution in [2.75, 3.05) is 77.3 Å². The lowest BCUT2D eigenvalue weighted by Gasteiger charge is -2.26. The lowest BCUT2D eigenvalue weighted by atomic mass is 10.2. The van der Waals surface area contributed by atoms with Gasteiger partial charge in [0.25, 0.3) is 0 Å². The van der Waals surface area contributed by atoms with Gasteiger partial charge in [0.1, 0.15) is 17.9 Å². The van der Waals surface area contributed by atoms with Crippen LogP contribution in [-0.2, 0) is 4.74 Å². The highest BCUT2D eigenvalue weighted by Gasteiger charge is 2.16. The molecule has 0 bridgehead atoms. The minimum Gasteiger partial charge on any atom is -0.490 e. The number of nitrogens with zero attached hydrogens (tertiary/aromatic N) is 5. The third-order valence-corrected chi connectivity index (χ3v) is 7.35. The summed E-state index contributed by atoms with van der Waals surface area (Å²) in [6.07, 6.45) is 5.85. The van der Waals surface area contributed by atoms with Crippen molar-refractivity contribution in [3.8, 4) is 5.75 Å². The quantitative estimate of drug-likeness (QED) is 0.237. The molecule has 1 aliphatic heterocycles. The summed E-state index contributed by atoms with van der Waals surface area (Å²) >= 11 is 6.52. The van der Waals surface area contributed by atoms with E-state index in [4.69, 9.17) is 26.1 Å². The van der Waals surface area contributed by atoms with E-state index in [9.17, 15) is 0 Å². The molecule has 2 aromatic carbocycles. The van der Waals surface area contributed by atoms with Crippen LogP contribution in [0.1, 0.15) is 18.4 Å². The number of nitrogens with one attached hydrogen (secondary N) is 2. The summed E-state index contributed by atoms with van der Waals surface area (Å²) in [7, 11) is 4.22. The number of rotatable bonds is 12. The molecule has 0 aliphatic carbocycles. The van der Waals surface area contributed by atoms with Gasteiger partial charge in [0, 0.05) is 32.2 Å². The average molecular weight is 552 g/mol. The van der Waals surface area contributed by atoms with Crippen molar-refractivity contribution in [1.82, 2.24) is 24.2 Å². The van der Waals surface area contributed by atoms with Crippen LogP contribution >= 0.6 is 11.6 Å². The molecule has 1 fully saturated rings. The van der Waals surface area contributed by atoms with Crippen LogP contribution in [0.5, 0.6) is 5.75 Å². The fourth-order valence-corrected chi connectivity index (χ4v) is 5.09. The Morgan fingerprint density at radius 2 is 1.97 bits per heavy atom. The second-order valence-corrected chi connectivity index (χ2v) is 10.6. The summed E-state index contributed by atoms with van der Waals surface area (Å²) in [5.74, 6) is 1.50. The zero-order chi connectivity index (χ0) is 27.2. The largest absolute Gasteiger partial charge is 0.490 e. The summed E-state index contributed by atoms with van der Waals surface area (Å²) in [5.41, 5.74) is 5.50. The second-order valence-electron chi connectivity index (χ2n) is 10.2. The molecule has 9 nitrogen and oxygen atoms in total. The van der Waals surface area contributed by atoms with Crippen molar-refractivity contribution in [3.05, 3.63) is 53.4 Å². The van der Waals surface area contributed by atoms with Gasteiger partial charge in [-0.3, -0.25) is 9.30 Å². The van der Waals surface area contributed by atoms with Gasteiger partial charge in [-0.05, 0) is 58.1 Å². The van der Waals surface area contributed by atoms with E-state index in [1.54, 1.807) is 0 Å². The van der Waals surface area contributed by atoms with Crippen LogP contribution in [0.2, 0.25) is 5.02 Å². The molecule has 0 saturated carbocycles. The fourth-order valence-electron chi connectivity index (χ4n) is 4.82. The van der Waals surface area contributed by atoms with Crippen LogP contribution in [0.25, 0.3) is 16.6 Å². The van der Waals surface area contributed by atoms with E-state index in [1.807, 2.05) is 43.7 Å². The molecular formula is C29H38ClN7O2. The predicted molar refractivity (Wildman–Crippen MR) is 159 cm³/mol. The van der Waals surface area contributed by atoms with Crippen LogP contribution < -0.4 is 15.4 Å². The van der Waals surface area contributed by atoms with Gasteiger partial charge < -0.3 is 25.0 Å². The van der Waals surface area contributed by atoms with Gasteiger partial charge in [-0.15, -0.1) is 0 Å². The van der Waals surface area contributed by atoms with Crippen LogP contribution in [-0.4, -0.2) is 90.8 Å². The molecule has 208 valence electrons. The number of hydrogen-bond acceptors (Lipinski definition) is 8. The summed E-state index contributed by atoms with van der Waals surface area (Å²) in [4.78, 5) is 14.0. The lowest BCUT2D eigenvalue weighted by Crippen LogP contribution is -2.38. The first kappa shape index (κ1) is 27.5. The number of fused-ring (bicyclic) bond motifs is 3. The molecule has 0 unspecified atom stereocenters. The Bertz CT molecular complexity index is 1380. The van der Waals surface area contributed by atoms with E-state index in [1.165, 1.54) is 0 Å². The minimum atomic E-state index is 0.595. The van der Waals surface area contributed by atoms with Crippen LogP contribution in [0.15, 0.2) is 42.9 Å². The molecule has 2 N–H and O–H groups in total. The zero-order valence-electron chi connectivity index (χ0n) is 23.0. The number of ether oxygens (including phenoxy) is 2. The number of morpholine rings is 1. The normalized spacial score (nSPS) is 14.4. The van der Waals surface area contributed by atoms with Gasteiger partial charge in [-0.25, -0.2) is 9.97 Å². The molecule has 0 radical (unpaired) electrons. The van der Waals surface area contributed by atoms with Gasteiger partial charge >= 0.3 is 0 Å². The van der Waals surface area contributed by atoms with Gasteiger partial charge in [0.2, 0.25) is 0 Å². The van der Waals surface area contributed by atoms with Gasteiger partial charge in [0.15, 0.2) is 5.82 Å². The lowest BCUT2D eigenvalue weighted by molar-refractivity contribution is 0.0323. The number of para-hydroxylation sites is 1. The predicted octanol–water partition coefficient (Wildman–Crippen LogP) is 5.05.